The van der Waals surface area contributed by atoms with Gasteiger partial charge in [-0.3, -0.25) is 10.1 Å². The van der Waals surface area contributed by atoms with Crippen LogP contribution in [0.5, 0.6) is 5.88 Å². The van der Waals surface area contributed by atoms with Crippen LogP contribution in [0.15, 0.2) is 6.33 Å². The van der Waals surface area contributed by atoms with Crippen LogP contribution in [0.3, 0.4) is 0 Å². The van der Waals surface area contributed by atoms with Gasteiger partial charge in [0.2, 0.25) is 5.82 Å². The molecule has 2 heterocycles. The molecular weight excluding hydrogens is 244 g/mol. The van der Waals surface area contributed by atoms with Gasteiger partial charge in [0.15, 0.2) is 0 Å². The first-order valence-corrected chi connectivity index (χ1v) is 6.25. The number of aromatic nitrogens is 2. The number of nitrogens with zero attached hydrogens (tertiary/aromatic N) is 3. The number of thioether (sulfide) groups is 1. The zero-order valence-corrected chi connectivity index (χ0v) is 10.1. The SMILES string of the molecule is COc1ncnc(NC2CCSC2)c1[N+](=O)[O-]. The first-order valence-electron chi connectivity index (χ1n) is 5.10. The predicted octanol–water partition coefficient (Wildman–Crippen LogP) is 1.31. The highest BCUT2D eigenvalue weighted by Crippen LogP contribution is 2.32. The molecule has 1 aromatic heterocycles. The summed E-state index contributed by atoms with van der Waals surface area (Å²) in [6.07, 6.45) is 2.24. The number of nitrogens with one attached hydrogen (secondary N) is 1. The Morgan fingerprint density at radius 3 is 3.06 bits per heavy atom. The summed E-state index contributed by atoms with van der Waals surface area (Å²) in [6, 6.07) is 0.221. The molecule has 0 spiro atoms. The molecule has 1 fully saturated rings. The third-order valence-corrected chi connectivity index (χ3v) is 3.60. The Kier molecular flexibility index (Phi) is 3.62. The van der Waals surface area contributed by atoms with Crippen LogP contribution < -0.4 is 10.1 Å². The second-order valence-electron chi connectivity index (χ2n) is 3.54. The lowest BCUT2D eigenvalue weighted by atomic mass is 10.2. The molecule has 1 aliphatic rings. The average molecular weight is 256 g/mol. The van der Waals surface area contributed by atoms with E-state index in [4.69, 9.17) is 4.74 Å². The van der Waals surface area contributed by atoms with Crippen LogP contribution in [0.2, 0.25) is 0 Å². The highest BCUT2D eigenvalue weighted by atomic mass is 32.2. The first kappa shape index (κ1) is 11.9. The van der Waals surface area contributed by atoms with Gasteiger partial charge in [-0.05, 0) is 12.2 Å². The third-order valence-electron chi connectivity index (χ3n) is 2.44. The number of hydrogen-bond acceptors (Lipinski definition) is 7. The molecule has 0 aliphatic carbocycles. The van der Waals surface area contributed by atoms with Crippen LogP contribution in [0.1, 0.15) is 6.42 Å². The molecule has 0 radical (unpaired) electrons. The smallest absolute Gasteiger partial charge is 0.372 e. The van der Waals surface area contributed by atoms with Crippen molar-refractivity contribution in [3.05, 3.63) is 16.4 Å². The van der Waals surface area contributed by atoms with Crippen LogP contribution in [0, 0.1) is 10.1 Å². The van der Waals surface area contributed by atoms with Gasteiger partial charge in [-0.1, -0.05) is 0 Å². The highest BCUT2D eigenvalue weighted by Gasteiger charge is 2.26. The fourth-order valence-electron chi connectivity index (χ4n) is 1.62. The highest BCUT2D eigenvalue weighted by molar-refractivity contribution is 7.99. The summed E-state index contributed by atoms with van der Waals surface area (Å²) >= 11 is 1.82. The van der Waals surface area contributed by atoms with Crippen molar-refractivity contribution >= 4 is 23.3 Å². The van der Waals surface area contributed by atoms with E-state index >= 15 is 0 Å². The molecule has 1 aliphatic heterocycles. The van der Waals surface area contributed by atoms with Gasteiger partial charge in [0.05, 0.1) is 12.0 Å². The second-order valence-corrected chi connectivity index (χ2v) is 4.69. The zero-order valence-electron chi connectivity index (χ0n) is 9.25. The van der Waals surface area contributed by atoms with E-state index in [9.17, 15) is 10.1 Å². The number of hydrogen-bond donors (Lipinski definition) is 1. The first-order chi connectivity index (χ1) is 8.22. The van der Waals surface area contributed by atoms with Crippen molar-refractivity contribution < 1.29 is 9.66 Å². The summed E-state index contributed by atoms with van der Waals surface area (Å²) in [7, 11) is 1.35. The molecule has 0 aromatic carbocycles. The van der Waals surface area contributed by atoms with E-state index in [-0.39, 0.29) is 23.4 Å². The van der Waals surface area contributed by atoms with Crippen LogP contribution in [-0.2, 0) is 0 Å². The average Bonchev–Trinajstić information content (AvgIpc) is 2.81. The molecular formula is C9H12N4O3S. The van der Waals surface area contributed by atoms with Crippen LogP contribution in [0.25, 0.3) is 0 Å². The molecule has 2 rings (SSSR count). The van der Waals surface area contributed by atoms with Gasteiger partial charge >= 0.3 is 5.69 Å². The number of anilines is 1. The Balaban J connectivity index is 2.28. The molecule has 0 bridgehead atoms. The molecule has 1 N–H and O–H groups in total. The minimum atomic E-state index is -0.525. The third kappa shape index (κ3) is 2.57. The summed E-state index contributed by atoms with van der Waals surface area (Å²) in [5.41, 5.74) is -0.202. The minimum Gasteiger partial charge on any atom is -0.476 e. The Morgan fingerprint density at radius 2 is 2.47 bits per heavy atom. The summed E-state index contributed by atoms with van der Waals surface area (Å²) < 4.78 is 4.87. The van der Waals surface area contributed by atoms with Gasteiger partial charge in [-0.2, -0.15) is 16.7 Å². The summed E-state index contributed by atoms with van der Waals surface area (Å²) in [6.45, 7) is 0. The molecule has 0 amide bonds. The molecule has 1 aromatic rings. The predicted molar refractivity (Wildman–Crippen MR) is 64.6 cm³/mol. The number of methoxy groups -OCH3 is 1. The van der Waals surface area contributed by atoms with Crippen molar-refractivity contribution in [2.45, 2.75) is 12.5 Å². The van der Waals surface area contributed by atoms with E-state index < -0.39 is 4.92 Å². The molecule has 17 heavy (non-hydrogen) atoms. The van der Waals surface area contributed by atoms with Crippen LogP contribution in [0.4, 0.5) is 11.5 Å². The molecule has 8 heteroatoms. The molecule has 1 saturated heterocycles. The molecule has 7 nitrogen and oxygen atoms in total. The van der Waals surface area contributed by atoms with Gasteiger partial charge in [-0.25, -0.2) is 4.98 Å². The maximum absolute atomic E-state index is 11.0. The Morgan fingerprint density at radius 1 is 1.65 bits per heavy atom. The van der Waals surface area contributed by atoms with Crippen molar-refractivity contribution in [3.8, 4) is 5.88 Å². The van der Waals surface area contributed by atoms with Crippen molar-refractivity contribution in [1.29, 1.82) is 0 Å². The largest absolute Gasteiger partial charge is 0.476 e. The summed E-state index contributed by atoms with van der Waals surface area (Å²) in [5.74, 6) is 2.21. The van der Waals surface area contributed by atoms with Crippen molar-refractivity contribution in [2.24, 2.45) is 0 Å². The standard InChI is InChI=1S/C9H12N4O3S/c1-16-9-7(13(14)15)8(10-5-11-9)12-6-2-3-17-4-6/h5-6H,2-4H2,1H3,(H,10,11,12). The second kappa shape index (κ2) is 5.17. The maximum Gasteiger partial charge on any atom is 0.372 e. The van der Waals surface area contributed by atoms with E-state index in [1.54, 1.807) is 0 Å². The molecule has 92 valence electrons. The molecule has 1 unspecified atom stereocenters. The lowest BCUT2D eigenvalue weighted by Gasteiger charge is -2.12. The Bertz CT molecular complexity index is 423. The van der Waals surface area contributed by atoms with Gasteiger partial charge in [0.1, 0.15) is 6.33 Å². The van der Waals surface area contributed by atoms with E-state index in [0.717, 1.165) is 17.9 Å². The van der Waals surface area contributed by atoms with Crippen LogP contribution in [-0.4, -0.2) is 39.5 Å². The van der Waals surface area contributed by atoms with E-state index in [2.05, 4.69) is 15.3 Å². The fourth-order valence-corrected chi connectivity index (χ4v) is 2.78. The normalized spacial score (nSPS) is 19.0. The van der Waals surface area contributed by atoms with Gasteiger partial charge in [0, 0.05) is 11.8 Å². The Labute approximate surface area is 102 Å². The topological polar surface area (TPSA) is 90.2 Å². The summed E-state index contributed by atoms with van der Waals surface area (Å²) in [5, 5.41) is 14.0. The van der Waals surface area contributed by atoms with E-state index in [1.165, 1.54) is 13.4 Å². The zero-order chi connectivity index (χ0) is 12.3. The molecule has 0 saturated carbocycles. The van der Waals surface area contributed by atoms with Gasteiger partial charge in [0.25, 0.3) is 5.88 Å². The minimum absolute atomic E-state index is 0.0156. The number of nitro groups is 1. The van der Waals surface area contributed by atoms with Crippen molar-refractivity contribution in [3.63, 3.8) is 0 Å². The lowest BCUT2D eigenvalue weighted by molar-refractivity contribution is -0.385. The quantitative estimate of drug-likeness (QED) is 0.641. The van der Waals surface area contributed by atoms with Crippen molar-refractivity contribution in [1.82, 2.24) is 9.97 Å². The summed E-state index contributed by atoms with van der Waals surface area (Å²) in [4.78, 5) is 18.1. The molecule has 1 atom stereocenters. The van der Waals surface area contributed by atoms with Gasteiger partial charge in [-0.15, -0.1) is 0 Å². The van der Waals surface area contributed by atoms with Crippen LogP contribution >= 0.6 is 11.8 Å². The lowest BCUT2D eigenvalue weighted by Crippen LogP contribution is -2.20. The Hall–Kier alpha value is -1.57. The van der Waals surface area contributed by atoms with E-state index in [1.807, 2.05) is 11.8 Å². The van der Waals surface area contributed by atoms with Gasteiger partial charge < -0.3 is 10.1 Å². The van der Waals surface area contributed by atoms with E-state index in [0.29, 0.717) is 0 Å². The number of rotatable bonds is 4. The maximum atomic E-state index is 11.0. The number of ether oxygens (including phenoxy) is 1. The fraction of sp³-hybridized carbons (Fsp3) is 0.556. The monoisotopic (exact) mass is 256 g/mol. The van der Waals surface area contributed by atoms with Crippen molar-refractivity contribution in [2.75, 3.05) is 23.9 Å².